The summed E-state index contributed by atoms with van der Waals surface area (Å²) in [4.78, 5) is 13.4. The van der Waals surface area contributed by atoms with Crippen LogP contribution in [-0.4, -0.2) is 41.8 Å². The van der Waals surface area contributed by atoms with Gasteiger partial charge in [-0.3, -0.25) is 4.79 Å². The Hall–Kier alpha value is -2.39. The van der Waals surface area contributed by atoms with Crippen LogP contribution in [0.25, 0.3) is 10.9 Å². The summed E-state index contributed by atoms with van der Waals surface area (Å²) in [7, 11) is -3.86. The molecule has 0 unspecified atom stereocenters. The lowest BCUT2D eigenvalue weighted by atomic mass is 9.97. The maximum atomic E-state index is 13.2. The summed E-state index contributed by atoms with van der Waals surface area (Å²) < 4.78 is 28.2. The van der Waals surface area contributed by atoms with Gasteiger partial charge in [-0.1, -0.05) is 24.3 Å². The SMILES string of the molecule is O=C(O)C1CCN(c2nn(S(=O)(=O)c3ccccc3)c3cccc(Br)c23)CC1. The Kier molecular flexibility index (Phi) is 4.88. The highest BCUT2D eigenvalue weighted by atomic mass is 79.9. The molecule has 2 aromatic carbocycles. The van der Waals surface area contributed by atoms with Gasteiger partial charge in [-0.05, 0) is 53.0 Å². The maximum absolute atomic E-state index is 13.2. The van der Waals surface area contributed by atoms with Crippen molar-refractivity contribution in [3.05, 3.63) is 53.0 Å². The summed E-state index contributed by atoms with van der Waals surface area (Å²) in [6.45, 7) is 1.02. The monoisotopic (exact) mass is 463 g/mol. The number of piperidine rings is 1. The van der Waals surface area contributed by atoms with Crippen LogP contribution >= 0.6 is 15.9 Å². The fourth-order valence-electron chi connectivity index (χ4n) is 3.52. The number of rotatable bonds is 4. The van der Waals surface area contributed by atoms with E-state index >= 15 is 0 Å². The largest absolute Gasteiger partial charge is 0.481 e. The van der Waals surface area contributed by atoms with Crippen molar-refractivity contribution in [2.45, 2.75) is 17.7 Å². The van der Waals surface area contributed by atoms with E-state index in [1.54, 1.807) is 42.5 Å². The number of hydrogen-bond acceptors (Lipinski definition) is 5. The van der Waals surface area contributed by atoms with Crippen molar-refractivity contribution >= 4 is 48.6 Å². The van der Waals surface area contributed by atoms with Gasteiger partial charge in [-0.25, -0.2) is 0 Å². The first-order chi connectivity index (χ1) is 13.4. The second kappa shape index (κ2) is 7.21. The molecular formula is C19H18BrN3O4S. The summed E-state index contributed by atoms with van der Waals surface area (Å²) >= 11 is 3.52. The number of aromatic nitrogens is 2. The number of carboxylic acid groups (broad SMARTS) is 1. The van der Waals surface area contributed by atoms with E-state index in [1.807, 2.05) is 11.0 Å². The molecule has 1 fully saturated rings. The van der Waals surface area contributed by atoms with Crippen LogP contribution in [0.5, 0.6) is 0 Å². The van der Waals surface area contributed by atoms with E-state index < -0.39 is 16.0 Å². The van der Waals surface area contributed by atoms with E-state index in [1.165, 1.54) is 0 Å². The number of aliphatic carboxylic acids is 1. The molecule has 1 aromatic heterocycles. The summed E-state index contributed by atoms with van der Waals surface area (Å²) in [6.07, 6.45) is 0.999. The third-order valence-corrected chi connectivity index (χ3v) is 7.28. The fraction of sp³-hybridized carbons (Fsp3) is 0.263. The zero-order chi connectivity index (χ0) is 19.9. The van der Waals surface area contributed by atoms with Crippen LogP contribution in [0.2, 0.25) is 0 Å². The molecule has 1 saturated heterocycles. The lowest BCUT2D eigenvalue weighted by molar-refractivity contribution is -0.142. The topological polar surface area (TPSA) is 92.5 Å². The van der Waals surface area contributed by atoms with Gasteiger partial charge in [-0.15, -0.1) is 5.10 Å². The van der Waals surface area contributed by atoms with E-state index in [4.69, 9.17) is 0 Å². The minimum atomic E-state index is -3.86. The van der Waals surface area contributed by atoms with E-state index in [9.17, 15) is 18.3 Å². The van der Waals surface area contributed by atoms with Gasteiger partial charge in [0, 0.05) is 17.6 Å². The minimum Gasteiger partial charge on any atom is -0.481 e. The summed E-state index contributed by atoms with van der Waals surface area (Å²) in [6, 6.07) is 13.5. The molecule has 0 amide bonds. The number of carbonyl (C=O) groups is 1. The molecule has 9 heteroatoms. The minimum absolute atomic E-state index is 0.163. The Bertz CT molecular complexity index is 1140. The molecule has 3 aromatic rings. The number of fused-ring (bicyclic) bond motifs is 1. The highest BCUT2D eigenvalue weighted by molar-refractivity contribution is 9.10. The Morgan fingerprint density at radius 2 is 1.75 bits per heavy atom. The Balaban J connectivity index is 1.83. The van der Waals surface area contributed by atoms with E-state index in [-0.39, 0.29) is 10.8 Å². The quantitative estimate of drug-likeness (QED) is 0.637. The number of nitrogens with zero attached hydrogens (tertiary/aromatic N) is 3. The van der Waals surface area contributed by atoms with Gasteiger partial charge in [0.15, 0.2) is 5.82 Å². The molecule has 0 atom stereocenters. The molecule has 0 spiro atoms. The van der Waals surface area contributed by atoms with Crippen LogP contribution in [0.15, 0.2) is 57.9 Å². The molecule has 0 bridgehead atoms. The van der Waals surface area contributed by atoms with Crippen molar-refractivity contribution in [2.24, 2.45) is 5.92 Å². The maximum Gasteiger partial charge on any atom is 0.306 e. The van der Waals surface area contributed by atoms with Crippen LogP contribution in [0, 0.1) is 5.92 Å². The smallest absolute Gasteiger partial charge is 0.306 e. The summed E-state index contributed by atoms with van der Waals surface area (Å²) in [5.74, 6) is -0.616. The molecule has 146 valence electrons. The molecular weight excluding hydrogens is 446 g/mol. The standard InChI is InChI=1S/C19H18BrN3O4S/c20-15-7-4-8-16-17(15)18(22-11-9-13(10-12-22)19(24)25)21-23(16)28(26,27)14-5-2-1-3-6-14/h1-8,13H,9-12H2,(H,24,25). The zero-order valence-electron chi connectivity index (χ0n) is 14.8. The van der Waals surface area contributed by atoms with Crippen LogP contribution in [-0.2, 0) is 14.8 Å². The van der Waals surface area contributed by atoms with Gasteiger partial charge < -0.3 is 10.0 Å². The second-order valence-corrected chi connectivity index (χ2v) is 9.34. The molecule has 1 N–H and O–H groups in total. The molecule has 28 heavy (non-hydrogen) atoms. The summed E-state index contributed by atoms with van der Waals surface area (Å²) in [5.41, 5.74) is 0.480. The molecule has 0 radical (unpaired) electrons. The van der Waals surface area contributed by atoms with E-state index in [0.717, 1.165) is 8.56 Å². The fourth-order valence-corrected chi connectivity index (χ4v) is 5.35. The Morgan fingerprint density at radius 3 is 2.39 bits per heavy atom. The molecule has 0 saturated carbocycles. The third-order valence-electron chi connectivity index (χ3n) is 5.02. The highest BCUT2D eigenvalue weighted by Crippen LogP contribution is 2.36. The van der Waals surface area contributed by atoms with Gasteiger partial charge in [0.25, 0.3) is 10.0 Å². The first-order valence-electron chi connectivity index (χ1n) is 8.85. The molecule has 0 aliphatic carbocycles. The summed E-state index contributed by atoms with van der Waals surface area (Å²) in [5, 5.41) is 14.4. The average Bonchev–Trinajstić information content (AvgIpc) is 3.10. The predicted octanol–water partition coefficient (Wildman–Crippen LogP) is 3.34. The van der Waals surface area contributed by atoms with Crippen molar-refractivity contribution in [1.29, 1.82) is 0 Å². The lowest BCUT2D eigenvalue weighted by Crippen LogP contribution is -2.36. The van der Waals surface area contributed by atoms with Crippen molar-refractivity contribution in [3.63, 3.8) is 0 Å². The van der Waals surface area contributed by atoms with Gasteiger partial charge in [0.2, 0.25) is 0 Å². The van der Waals surface area contributed by atoms with Gasteiger partial charge >= 0.3 is 5.97 Å². The number of halogens is 1. The molecule has 2 heterocycles. The van der Waals surface area contributed by atoms with Gasteiger partial charge in [0.05, 0.1) is 21.7 Å². The van der Waals surface area contributed by atoms with Crippen molar-refractivity contribution in [2.75, 3.05) is 18.0 Å². The van der Waals surface area contributed by atoms with Crippen LogP contribution in [0.4, 0.5) is 5.82 Å². The Morgan fingerprint density at radius 1 is 1.07 bits per heavy atom. The van der Waals surface area contributed by atoms with Crippen molar-refractivity contribution in [1.82, 2.24) is 9.19 Å². The normalized spacial score (nSPS) is 15.8. The van der Waals surface area contributed by atoms with Crippen LogP contribution < -0.4 is 4.90 Å². The van der Waals surface area contributed by atoms with Crippen molar-refractivity contribution < 1.29 is 18.3 Å². The number of benzene rings is 2. The number of hydrogen-bond donors (Lipinski definition) is 1. The second-order valence-electron chi connectivity index (χ2n) is 6.72. The Labute approximate surface area is 170 Å². The third kappa shape index (κ3) is 3.18. The first kappa shape index (κ1) is 18.9. The van der Waals surface area contributed by atoms with Crippen molar-refractivity contribution in [3.8, 4) is 0 Å². The molecule has 1 aliphatic rings. The first-order valence-corrected chi connectivity index (χ1v) is 11.1. The lowest BCUT2D eigenvalue weighted by Gasteiger charge is -2.30. The van der Waals surface area contributed by atoms with Gasteiger partial charge in [0.1, 0.15) is 0 Å². The van der Waals surface area contributed by atoms with Crippen LogP contribution in [0.1, 0.15) is 12.8 Å². The average molecular weight is 464 g/mol. The van der Waals surface area contributed by atoms with E-state index in [2.05, 4.69) is 21.0 Å². The predicted molar refractivity (Wildman–Crippen MR) is 109 cm³/mol. The number of carboxylic acids is 1. The molecule has 1 aliphatic heterocycles. The highest BCUT2D eigenvalue weighted by Gasteiger charge is 2.30. The zero-order valence-corrected chi connectivity index (χ0v) is 17.2. The van der Waals surface area contributed by atoms with Crippen LogP contribution in [0.3, 0.4) is 0 Å². The van der Waals surface area contributed by atoms with Gasteiger partial charge in [-0.2, -0.15) is 12.5 Å². The molecule has 7 nitrogen and oxygen atoms in total. The van der Waals surface area contributed by atoms with E-state index in [0.29, 0.717) is 42.7 Å². The molecule has 4 rings (SSSR count). The number of anilines is 1.